The van der Waals surface area contributed by atoms with Crippen molar-refractivity contribution in [2.45, 2.75) is 130 Å². The number of carbonyl (C=O) groups excluding carboxylic acids is 3. The van der Waals surface area contributed by atoms with Crippen molar-refractivity contribution in [3.63, 3.8) is 0 Å². The number of hydrogen-bond acceptors (Lipinski definition) is 8. The van der Waals surface area contributed by atoms with Crippen LogP contribution in [-0.4, -0.2) is 111 Å². The number of carbonyl (C=O) groups is 3. The molecule has 2 aromatic heterocycles. The molecule has 6 N–H and O–H groups in total. The van der Waals surface area contributed by atoms with Crippen LogP contribution >= 0.6 is 0 Å². The van der Waals surface area contributed by atoms with Gasteiger partial charge in [-0.1, -0.05) is 184 Å². The van der Waals surface area contributed by atoms with Crippen LogP contribution in [0.3, 0.4) is 0 Å². The zero-order chi connectivity index (χ0) is 56.9. The van der Waals surface area contributed by atoms with E-state index in [1.54, 1.807) is 0 Å². The first kappa shape index (κ1) is 62.2. The smallest absolute Gasteiger partial charge is 0.393 e. The van der Waals surface area contributed by atoms with Crippen molar-refractivity contribution in [3.05, 3.63) is 203 Å². The molecule has 2 amide bonds. The second-order valence-corrected chi connectivity index (χ2v) is 21.7. The molecule has 0 bridgehead atoms. The monoisotopic (exact) mass is 1120 g/mol. The van der Waals surface area contributed by atoms with Crippen molar-refractivity contribution < 1.29 is 34.5 Å². The van der Waals surface area contributed by atoms with Gasteiger partial charge in [0.15, 0.2) is 0 Å². The van der Waals surface area contributed by atoms with Crippen LogP contribution in [0.15, 0.2) is 170 Å². The molecule has 9 rings (SSSR count). The standard InChI is InChI=1S/C35H40N2O4.C33H37N3O3.Ca/c1-23(2)33-32(35(41)36-28-13-9-6-10-14-28)31(26-11-7-5-8-12-26)34(27-17-15-24(3)16-18-27)37(33)20-19-29(39)22-30(40)21-25(4)38;1-22(2)31-30(33(38)35-26-12-8-5-9-13-26)29(24-10-6-4-7-11-24)32(25-16-14-23(3)15-17-25)36(31)19-18-28-20-27(37)21-34-39-28;/h5-18,23,29-30,39-40H,19-22H2,1-4H3,(H,36,41);4-17,22,27-28,34,37H,18-21H2,1-3H3,(H,35,38);/q;;+2/t;27-,28?;/m.1./s1. The molecule has 12 nitrogen and oxygen atoms in total. The molecule has 8 aromatic rings. The molecule has 1 fully saturated rings. The number of ketones is 1. The summed E-state index contributed by atoms with van der Waals surface area (Å²) in [5.41, 5.74) is 17.5. The van der Waals surface area contributed by atoms with Gasteiger partial charge in [-0.25, -0.2) is 0 Å². The van der Waals surface area contributed by atoms with Gasteiger partial charge < -0.3 is 35.1 Å². The molecule has 6 aromatic carbocycles. The quantitative estimate of drug-likeness (QED) is 0.0410. The Labute approximate surface area is 507 Å². The van der Waals surface area contributed by atoms with Gasteiger partial charge in [0, 0.05) is 66.4 Å². The molecular formula is C68H77CaN5O7+2. The number of rotatable bonds is 20. The molecule has 0 saturated carbocycles. The van der Waals surface area contributed by atoms with E-state index >= 15 is 0 Å². The molecular weight excluding hydrogens is 1040 g/mol. The van der Waals surface area contributed by atoms with E-state index < -0.39 is 18.3 Å². The minimum atomic E-state index is -0.889. The molecule has 1 aliphatic rings. The molecule has 13 heteroatoms. The summed E-state index contributed by atoms with van der Waals surface area (Å²) in [6.07, 6.45) is -0.469. The largest absolute Gasteiger partial charge is 2.00 e. The molecule has 0 spiro atoms. The molecule has 81 heavy (non-hydrogen) atoms. The first-order chi connectivity index (χ1) is 38.6. The third-order valence-corrected chi connectivity index (χ3v) is 14.5. The van der Waals surface area contributed by atoms with Crippen molar-refractivity contribution >= 4 is 66.7 Å². The summed E-state index contributed by atoms with van der Waals surface area (Å²) in [6.45, 7) is 15.5. The molecule has 0 radical (unpaired) electrons. The fraction of sp³-hybridized carbons (Fsp3) is 0.309. The number of aliphatic hydroxyl groups excluding tert-OH is 3. The summed E-state index contributed by atoms with van der Waals surface area (Å²) < 4.78 is 4.47. The number of hydrogen-bond donors (Lipinski definition) is 6. The summed E-state index contributed by atoms with van der Waals surface area (Å²) in [7, 11) is 0. The zero-order valence-electron chi connectivity index (χ0n) is 47.9. The summed E-state index contributed by atoms with van der Waals surface area (Å²) in [5.74, 6) is -0.349. The number of aliphatic hydroxyl groups is 3. The maximum atomic E-state index is 14.1. The van der Waals surface area contributed by atoms with Gasteiger partial charge in [0.1, 0.15) is 5.78 Å². The summed E-state index contributed by atoms with van der Waals surface area (Å²) in [6, 6.07) is 55.9. The van der Waals surface area contributed by atoms with Crippen LogP contribution in [0.5, 0.6) is 0 Å². The van der Waals surface area contributed by atoms with Crippen LogP contribution in [0.4, 0.5) is 11.4 Å². The fourth-order valence-electron chi connectivity index (χ4n) is 10.9. The number of amides is 2. The predicted molar refractivity (Wildman–Crippen MR) is 327 cm³/mol. The minimum Gasteiger partial charge on any atom is -0.393 e. The number of aryl methyl sites for hydroxylation is 2. The molecule has 4 atom stereocenters. The van der Waals surface area contributed by atoms with E-state index in [1.807, 2.05) is 116 Å². The molecule has 3 unspecified atom stereocenters. The van der Waals surface area contributed by atoms with Gasteiger partial charge in [0.25, 0.3) is 11.8 Å². The Kier molecular flexibility index (Phi) is 22.6. The van der Waals surface area contributed by atoms with Gasteiger partial charge in [0.2, 0.25) is 0 Å². The second kappa shape index (κ2) is 29.5. The molecule has 1 saturated heterocycles. The minimum absolute atomic E-state index is 0. The van der Waals surface area contributed by atoms with E-state index in [1.165, 1.54) is 12.5 Å². The Balaban J connectivity index is 0.000000231. The fourth-order valence-corrected chi connectivity index (χ4v) is 10.9. The zero-order valence-corrected chi connectivity index (χ0v) is 50.1. The average Bonchev–Trinajstić information content (AvgIpc) is 4.19. The van der Waals surface area contributed by atoms with E-state index in [4.69, 9.17) is 4.84 Å². The van der Waals surface area contributed by atoms with Crippen molar-refractivity contribution in [3.8, 4) is 44.8 Å². The Morgan fingerprint density at radius 2 is 0.988 bits per heavy atom. The van der Waals surface area contributed by atoms with Crippen molar-refractivity contribution in [2.75, 3.05) is 17.2 Å². The van der Waals surface area contributed by atoms with Crippen LogP contribution in [0, 0.1) is 13.8 Å². The van der Waals surface area contributed by atoms with Crippen LogP contribution in [0.25, 0.3) is 44.8 Å². The summed E-state index contributed by atoms with van der Waals surface area (Å²) >= 11 is 0. The first-order valence-electron chi connectivity index (χ1n) is 28.0. The number of aromatic nitrogens is 2. The van der Waals surface area contributed by atoms with E-state index in [-0.39, 0.29) is 86.1 Å². The van der Waals surface area contributed by atoms with Crippen LogP contribution in [-0.2, 0) is 22.7 Å². The van der Waals surface area contributed by atoms with Gasteiger partial charge >= 0.3 is 37.7 Å². The van der Waals surface area contributed by atoms with Gasteiger partial charge in [0.05, 0.1) is 46.9 Å². The molecule has 1 aliphatic heterocycles. The molecule has 416 valence electrons. The van der Waals surface area contributed by atoms with Crippen molar-refractivity contribution in [1.29, 1.82) is 0 Å². The van der Waals surface area contributed by atoms with E-state index in [2.05, 4.69) is 121 Å². The number of nitrogens with zero attached hydrogens (tertiary/aromatic N) is 2. The number of β-amino-alcohol motifs (C(OH)–C–C–N with tert-alkyl or cyclic N) is 1. The Bertz CT molecular complexity index is 3310. The number of anilines is 2. The van der Waals surface area contributed by atoms with Gasteiger partial charge in [-0.15, -0.1) is 0 Å². The predicted octanol–water partition coefficient (Wildman–Crippen LogP) is 13.2. The van der Waals surface area contributed by atoms with Gasteiger partial charge in [-0.2, -0.15) is 5.48 Å². The number of nitrogens with one attached hydrogen (secondary N) is 3. The Morgan fingerprint density at radius 1 is 0.580 bits per heavy atom. The maximum Gasteiger partial charge on any atom is 2.00 e. The summed E-state index contributed by atoms with van der Waals surface area (Å²) in [4.78, 5) is 45.5. The van der Waals surface area contributed by atoms with E-state index in [0.29, 0.717) is 55.7 Å². The van der Waals surface area contributed by atoms with Crippen molar-refractivity contribution in [1.82, 2.24) is 14.6 Å². The average molecular weight is 1120 g/mol. The normalized spacial score (nSPS) is 14.8. The maximum absolute atomic E-state index is 14.1. The Morgan fingerprint density at radius 3 is 1.38 bits per heavy atom. The number of hydroxylamine groups is 1. The Hall–Kier alpha value is -6.45. The third kappa shape index (κ3) is 16.0. The number of Topliss-reactive ketones (excluding diaryl/α,β-unsaturated/α-hetero) is 1. The summed E-state index contributed by atoms with van der Waals surface area (Å²) in [5, 5.41) is 37.6. The van der Waals surface area contributed by atoms with E-state index in [9.17, 15) is 29.7 Å². The number of benzene rings is 6. The van der Waals surface area contributed by atoms with Crippen LogP contribution < -0.4 is 16.1 Å². The second-order valence-electron chi connectivity index (χ2n) is 21.7. The third-order valence-electron chi connectivity index (χ3n) is 14.5. The van der Waals surface area contributed by atoms with Gasteiger partial charge in [-0.05, 0) is 98.4 Å². The first-order valence-corrected chi connectivity index (χ1v) is 28.0. The van der Waals surface area contributed by atoms with E-state index in [0.717, 1.165) is 67.4 Å². The number of para-hydroxylation sites is 2. The van der Waals surface area contributed by atoms with Crippen LogP contribution in [0.2, 0.25) is 0 Å². The topological polar surface area (TPSA) is 167 Å². The van der Waals surface area contributed by atoms with Crippen molar-refractivity contribution in [2.24, 2.45) is 0 Å². The molecule has 3 heterocycles. The molecule has 0 aliphatic carbocycles. The van der Waals surface area contributed by atoms with Crippen LogP contribution in [0.1, 0.15) is 122 Å². The van der Waals surface area contributed by atoms with Gasteiger partial charge in [-0.3, -0.25) is 19.2 Å². The SMILES string of the molecule is CC(=O)CC(O)CC(O)CCn1c(-c2ccc(C)cc2)c(-c2ccccc2)c(C(=O)Nc2ccccc2)c1C(C)C.Cc1ccc(-c2c(-c3ccccc3)c(C(=O)Nc3ccccc3)c(C(C)C)n2CCC2C[C@@H](O)CNO2)cc1.[Ca+2].